The average molecular weight is 311 g/mol. The molecule has 1 unspecified atom stereocenters. The highest BCUT2D eigenvalue weighted by molar-refractivity contribution is 5.93. The molecule has 0 saturated heterocycles. The summed E-state index contributed by atoms with van der Waals surface area (Å²) in [6, 6.07) is 10.9. The summed E-state index contributed by atoms with van der Waals surface area (Å²) in [6.07, 6.45) is 3.27. The van der Waals surface area contributed by atoms with Gasteiger partial charge in [-0.1, -0.05) is 17.3 Å². The summed E-state index contributed by atoms with van der Waals surface area (Å²) in [5.74, 6) is -0.272. The Balaban J connectivity index is 1.73. The molecule has 5 nitrogen and oxygen atoms in total. The first kappa shape index (κ1) is 14.9. The van der Waals surface area contributed by atoms with Crippen LogP contribution >= 0.6 is 0 Å². The van der Waals surface area contributed by atoms with Crippen LogP contribution in [0.1, 0.15) is 29.0 Å². The first-order chi connectivity index (χ1) is 11.1. The Hall–Kier alpha value is -3.02. The van der Waals surface area contributed by atoms with Crippen LogP contribution in [-0.2, 0) is 0 Å². The van der Waals surface area contributed by atoms with Crippen molar-refractivity contribution in [3.63, 3.8) is 0 Å². The Morgan fingerprint density at radius 2 is 2.13 bits per heavy atom. The largest absolute Gasteiger partial charge is 0.355 e. The number of hydrogen-bond donors (Lipinski definition) is 1. The summed E-state index contributed by atoms with van der Waals surface area (Å²) >= 11 is 0. The Morgan fingerprint density at radius 3 is 2.87 bits per heavy atom. The van der Waals surface area contributed by atoms with Crippen LogP contribution in [0.15, 0.2) is 59.4 Å². The molecule has 0 spiro atoms. The van der Waals surface area contributed by atoms with Crippen molar-refractivity contribution in [1.29, 1.82) is 0 Å². The maximum atomic E-state index is 13.2. The van der Waals surface area contributed by atoms with Gasteiger partial charge >= 0.3 is 0 Å². The van der Waals surface area contributed by atoms with Gasteiger partial charge in [0.15, 0.2) is 11.5 Å². The third kappa shape index (κ3) is 3.42. The van der Waals surface area contributed by atoms with Crippen LogP contribution in [0.25, 0.3) is 11.3 Å². The van der Waals surface area contributed by atoms with Gasteiger partial charge in [0.05, 0.1) is 6.04 Å². The Labute approximate surface area is 132 Å². The molecule has 0 radical (unpaired) electrons. The molecule has 2 heterocycles. The van der Waals surface area contributed by atoms with Gasteiger partial charge in [-0.15, -0.1) is 0 Å². The van der Waals surface area contributed by atoms with E-state index in [-0.39, 0.29) is 23.5 Å². The van der Waals surface area contributed by atoms with E-state index in [9.17, 15) is 9.18 Å². The molecular formula is C17H14FN3O2. The molecule has 116 valence electrons. The molecule has 0 saturated carbocycles. The number of nitrogens with one attached hydrogen (secondary N) is 1. The predicted octanol–water partition coefficient (Wildman–Crippen LogP) is 3.37. The molecule has 1 aromatic carbocycles. The van der Waals surface area contributed by atoms with Crippen molar-refractivity contribution in [2.45, 2.75) is 13.0 Å². The Kier molecular flexibility index (Phi) is 4.14. The van der Waals surface area contributed by atoms with Crippen molar-refractivity contribution in [1.82, 2.24) is 15.5 Å². The molecule has 6 heteroatoms. The molecule has 1 N–H and O–H groups in total. The van der Waals surface area contributed by atoms with Crippen molar-refractivity contribution in [3.8, 4) is 11.3 Å². The summed E-state index contributed by atoms with van der Waals surface area (Å²) in [5.41, 5.74) is 1.57. The molecule has 0 aliphatic rings. The summed E-state index contributed by atoms with van der Waals surface area (Å²) in [5, 5.41) is 6.53. The van der Waals surface area contributed by atoms with Gasteiger partial charge in [0.2, 0.25) is 0 Å². The SMILES string of the molecule is CC(NC(=O)c1cc(-c2cccnc2)on1)c1cccc(F)c1. The number of rotatable bonds is 4. The van der Waals surface area contributed by atoms with E-state index in [1.165, 1.54) is 12.1 Å². The smallest absolute Gasteiger partial charge is 0.273 e. The molecule has 1 amide bonds. The second kappa shape index (κ2) is 6.39. The van der Waals surface area contributed by atoms with Crippen LogP contribution in [0.5, 0.6) is 0 Å². The third-order valence-corrected chi connectivity index (χ3v) is 3.39. The van der Waals surface area contributed by atoms with Gasteiger partial charge in [-0.3, -0.25) is 9.78 Å². The molecule has 0 aliphatic heterocycles. The molecule has 1 atom stereocenters. The normalized spacial score (nSPS) is 11.9. The average Bonchev–Trinajstić information content (AvgIpc) is 3.06. The second-order valence-corrected chi connectivity index (χ2v) is 5.07. The fourth-order valence-corrected chi connectivity index (χ4v) is 2.16. The summed E-state index contributed by atoms with van der Waals surface area (Å²) in [7, 11) is 0. The fourth-order valence-electron chi connectivity index (χ4n) is 2.16. The van der Waals surface area contributed by atoms with Crippen molar-refractivity contribution >= 4 is 5.91 Å². The summed E-state index contributed by atoms with van der Waals surface area (Å²) in [4.78, 5) is 16.2. The van der Waals surface area contributed by atoms with Crippen LogP contribution < -0.4 is 5.32 Å². The highest BCUT2D eigenvalue weighted by Crippen LogP contribution is 2.20. The van der Waals surface area contributed by atoms with E-state index in [4.69, 9.17) is 4.52 Å². The first-order valence-electron chi connectivity index (χ1n) is 7.07. The van der Waals surface area contributed by atoms with Gasteiger partial charge < -0.3 is 9.84 Å². The third-order valence-electron chi connectivity index (χ3n) is 3.39. The zero-order chi connectivity index (χ0) is 16.2. The van der Waals surface area contributed by atoms with E-state index in [1.807, 2.05) is 6.07 Å². The zero-order valence-corrected chi connectivity index (χ0v) is 12.4. The lowest BCUT2D eigenvalue weighted by molar-refractivity contribution is 0.0930. The van der Waals surface area contributed by atoms with Crippen LogP contribution in [0.2, 0.25) is 0 Å². The lowest BCUT2D eigenvalue weighted by Gasteiger charge is -2.13. The summed E-state index contributed by atoms with van der Waals surface area (Å²) in [6.45, 7) is 1.77. The summed E-state index contributed by atoms with van der Waals surface area (Å²) < 4.78 is 18.4. The number of benzene rings is 1. The monoisotopic (exact) mass is 311 g/mol. The number of nitrogens with zero attached hydrogens (tertiary/aromatic N) is 2. The van der Waals surface area contributed by atoms with Crippen LogP contribution in [0.3, 0.4) is 0 Å². The molecule has 3 rings (SSSR count). The Morgan fingerprint density at radius 1 is 1.26 bits per heavy atom. The molecule has 23 heavy (non-hydrogen) atoms. The van der Waals surface area contributed by atoms with Gasteiger partial charge in [-0.2, -0.15) is 0 Å². The van der Waals surface area contributed by atoms with E-state index in [0.717, 1.165) is 5.56 Å². The number of pyridine rings is 1. The minimum absolute atomic E-state index is 0.159. The van der Waals surface area contributed by atoms with E-state index in [1.54, 1.807) is 43.6 Å². The maximum Gasteiger partial charge on any atom is 0.273 e. The van der Waals surface area contributed by atoms with Gasteiger partial charge in [0.25, 0.3) is 5.91 Å². The molecule has 3 aromatic rings. The Bertz CT molecular complexity index is 817. The lowest BCUT2D eigenvalue weighted by atomic mass is 10.1. The van der Waals surface area contributed by atoms with Crippen LogP contribution in [0, 0.1) is 5.82 Å². The second-order valence-electron chi connectivity index (χ2n) is 5.07. The highest BCUT2D eigenvalue weighted by Gasteiger charge is 2.16. The first-order valence-corrected chi connectivity index (χ1v) is 7.07. The predicted molar refractivity (Wildman–Crippen MR) is 82.0 cm³/mol. The van der Waals surface area contributed by atoms with E-state index < -0.39 is 0 Å². The lowest BCUT2D eigenvalue weighted by Crippen LogP contribution is -2.26. The standard InChI is InChI=1S/C17H14FN3O2/c1-11(12-4-2-6-14(18)8-12)20-17(22)15-9-16(23-21-15)13-5-3-7-19-10-13/h2-11H,1H3,(H,20,22). The minimum Gasteiger partial charge on any atom is -0.355 e. The zero-order valence-electron chi connectivity index (χ0n) is 12.4. The quantitative estimate of drug-likeness (QED) is 0.802. The van der Waals surface area contributed by atoms with Crippen molar-refractivity contribution in [3.05, 3.63) is 71.9 Å². The van der Waals surface area contributed by atoms with Gasteiger partial charge in [-0.05, 0) is 36.8 Å². The number of amides is 1. The molecule has 0 bridgehead atoms. The van der Waals surface area contributed by atoms with E-state index in [0.29, 0.717) is 11.3 Å². The number of carbonyl (C=O) groups is 1. The molecular weight excluding hydrogens is 297 g/mol. The van der Waals surface area contributed by atoms with Crippen molar-refractivity contribution < 1.29 is 13.7 Å². The van der Waals surface area contributed by atoms with Gasteiger partial charge in [0, 0.05) is 24.0 Å². The number of carbonyl (C=O) groups excluding carboxylic acids is 1. The molecule has 0 fully saturated rings. The molecule has 2 aromatic heterocycles. The van der Waals surface area contributed by atoms with Crippen LogP contribution in [0.4, 0.5) is 4.39 Å². The fraction of sp³-hybridized carbons (Fsp3) is 0.118. The van der Waals surface area contributed by atoms with Gasteiger partial charge in [-0.25, -0.2) is 4.39 Å². The van der Waals surface area contributed by atoms with Crippen molar-refractivity contribution in [2.75, 3.05) is 0 Å². The van der Waals surface area contributed by atoms with E-state index >= 15 is 0 Å². The van der Waals surface area contributed by atoms with Gasteiger partial charge in [0.1, 0.15) is 5.82 Å². The topological polar surface area (TPSA) is 68.0 Å². The number of aromatic nitrogens is 2. The number of hydrogen-bond acceptors (Lipinski definition) is 4. The maximum absolute atomic E-state index is 13.2. The highest BCUT2D eigenvalue weighted by atomic mass is 19.1. The minimum atomic E-state index is -0.388. The molecule has 0 aliphatic carbocycles. The van der Waals surface area contributed by atoms with E-state index in [2.05, 4.69) is 15.5 Å². The van der Waals surface area contributed by atoms with Crippen LogP contribution in [-0.4, -0.2) is 16.0 Å². The number of halogens is 1. The van der Waals surface area contributed by atoms with Crippen molar-refractivity contribution in [2.24, 2.45) is 0 Å².